The molecule has 5 heteroatoms. The number of hydrogen-bond acceptors (Lipinski definition) is 3. The maximum atomic E-state index is 13.2. The molecule has 29 heavy (non-hydrogen) atoms. The van der Waals surface area contributed by atoms with Crippen molar-refractivity contribution in [2.75, 3.05) is 38.2 Å². The smallest absolute Gasteiger partial charge is 0.322 e. The molecule has 0 saturated carbocycles. The first-order valence-electron chi connectivity index (χ1n) is 10.7. The van der Waals surface area contributed by atoms with E-state index < -0.39 is 0 Å². The highest BCUT2D eigenvalue weighted by molar-refractivity contribution is 5.90. The number of urea groups is 1. The highest BCUT2D eigenvalue weighted by Crippen LogP contribution is 2.20. The van der Waals surface area contributed by atoms with Gasteiger partial charge in [0.25, 0.3) is 0 Å². The molecular weight excluding hydrogens is 362 g/mol. The number of nitrogens with zero attached hydrogens (tertiary/aromatic N) is 2. The average Bonchev–Trinajstić information content (AvgIpc) is 2.76. The topological polar surface area (TPSA) is 44.8 Å². The standard InChI is InChI=1S/C24H33N3O2/c1-3-22(18-20-10-6-5-7-11-20)27(4-2)24(28)25-23-13-9-8-12-21(23)19-26-14-16-29-17-15-26/h5-13,22H,3-4,14-19H2,1-2H3,(H,25,28)/t22-/m1/s1. The second-order valence-electron chi connectivity index (χ2n) is 7.51. The Balaban J connectivity index is 1.68. The fourth-order valence-corrected chi connectivity index (χ4v) is 3.90. The van der Waals surface area contributed by atoms with Gasteiger partial charge in [0.1, 0.15) is 0 Å². The molecule has 1 atom stereocenters. The highest BCUT2D eigenvalue weighted by atomic mass is 16.5. The van der Waals surface area contributed by atoms with E-state index in [1.165, 1.54) is 5.56 Å². The van der Waals surface area contributed by atoms with Crippen molar-refractivity contribution in [3.05, 3.63) is 65.7 Å². The van der Waals surface area contributed by atoms with E-state index >= 15 is 0 Å². The zero-order valence-corrected chi connectivity index (χ0v) is 17.6. The first-order chi connectivity index (χ1) is 14.2. The summed E-state index contributed by atoms with van der Waals surface area (Å²) in [4.78, 5) is 17.5. The van der Waals surface area contributed by atoms with Crippen LogP contribution in [-0.2, 0) is 17.7 Å². The Labute approximate surface area is 174 Å². The van der Waals surface area contributed by atoms with Crippen LogP contribution in [0.5, 0.6) is 0 Å². The number of rotatable bonds is 8. The zero-order valence-electron chi connectivity index (χ0n) is 17.6. The largest absolute Gasteiger partial charge is 0.379 e. The number of nitrogens with one attached hydrogen (secondary N) is 1. The van der Waals surface area contributed by atoms with Crippen molar-refractivity contribution in [1.29, 1.82) is 0 Å². The molecule has 0 aromatic heterocycles. The zero-order chi connectivity index (χ0) is 20.5. The van der Waals surface area contributed by atoms with Crippen LogP contribution >= 0.6 is 0 Å². The second-order valence-corrected chi connectivity index (χ2v) is 7.51. The molecule has 1 aliphatic heterocycles. The lowest BCUT2D eigenvalue weighted by atomic mass is 10.0. The third kappa shape index (κ3) is 6.05. The molecule has 1 N–H and O–H groups in total. The molecule has 2 amide bonds. The number of carbonyl (C=O) groups is 1. The average molecular weight is 396 g/mol. The Morgan fingerprint density at radius 1 is 1.07 bits per heavy atom. The summed E-state index contributed by atoms with van der Waals surface area (Å²) in [6.07, 6.45) is 1.79. The summed E-state index contributed by atoms with van der Waals surface area (Å²) < 4.78 is 5.45. The van der Waals surface area contributed by atoms with Crippen LogP contribution in [0, 0.1) is 0 Å². The lowest BCUT2D eigenvalue weighted by Gasteiger charge is -2.31. The fourth-order valence-electron chi connectivity index (χ4n) is 3.90. The Morgan fingerprint density at radius 3 is 2.45 bits per heavy atom. The normalized spacial score (nSPS) is 15.7. The first kappa shape index (κ1) is 21.3. The third-order valence-electron chi connectivity index (χ3n) is 5.58. The van der Waals surface area contributed by atoms with Gasteiger partial charge < -0.3 is 15.0 Å². The molecule has 1 heterocycles. The number of likely N-dealkylation sites (N-methyl/N-ethyl adjacent to an activating group) is 1. The number of para-hydroxylation sites is 1. The number of ether oxygens (including phenoxy) is 1. The van der Waals surface area contributed by atoms with Gasteiger partial charge in [-0.25, -0.2) is 4.79 Å². The van der Waals surface area contributed by atoms with E-state index in [0.717, 1.165) is 56.9 Å². The minimum Gasteiger partial charge on any atom is -0.379 e. The molecule has 2 aromatic rings. The minimum absolute atomic E-state index is 0.0234. The van der Waals surface area contributed by atoms with Crippen molar-refractivity contribution in [2.45, 2.75) is 39.3 Å². The molecule has 2 aromatic carbocycles. The van der Waals surface area contributed by atoms with Crippen molar-refractivity contribution in [2.24, 2.45) is 0 Å². The van der Waals surface area contributed by atoms with E-state index in [0.29, 0.717) is 6.54 Å². The lowest BCUT2D eigenvalue weighted by Crippen LogP contribution is -2.44. The number of morpholine rings is 1. The number of carbonyl (C=O) groups excluding carboxylic acids is 1. The molecule has 0 radical (unpaired) electrons. The molecule has 1 saturated heterocycles. The summed E-state index contributed by atoms with van der Waals surface area (Å²) in [6, 6.07) is 18.7. The van der Waals surface area contributed by atoms with Crippen LogP contribution in [0.4, 0.5) is 10.5 Å². The summed E-state index contributed by atoms with van der Waals surface area (Å²) in [5.41, 5.74) is 3.31. The highest BCUT2D eigenvalue weighted by Gasteiger charge is 2.22. The van der Waals surface area contributed by atoms with Crippen LogP contribution in [0.25, 0.3) is 0 Å². The van der Waals surface area contributed by atoms with E-state index in [4.69, 9.17) is 4.74 Å². The third-order valence-corrected chi connectivity index (χ3v) is 5.58. The molecule has 1 fully saturated rings. The monoisotopic (exact) mass is 395 g/mol. The van der Waals surface area contributed by atoms with Gasteiger partial charge in [0.15, 0.2) is 0 Å². The molecule has 0 aliphatic carbocycles. The molecule has 0 spiro atoms. The molecular formula is C24H33N3O2. The molecule has 156 valence electrons. The van der Waals surface area contributed by atoms with Gasteiger partial charge in [0.2, 0.25) is 0 Å². The summed E-state index contributed by atoms with van der Waals surface area (Å²) in [5, 5.41) is 3.18. The molecule has 0 bridgehead atoms. The quantitative estimate of drug-likeness (QED) is 0.721. The van der Waals surface area contributed by atoms with E-state index in [2.05, 4.69) is 47.5 Å². The summed E-state index contributed by atoms with van der Waals surface area (Å²) in [7, 11) is 0. The van der Waals surface area contributed by atoms with Crippen LogP contribution < -0.4 is 5.32 Å². The Morgan fingerprint density at radius 2 is 1.76 bits per heavy atom. The van der Waals surface area contributed by atoms with Crippen molar-refractivity contribution < 1.29 is 9.53 Å². The van der Waals surface area contributed by atoms with Crippen molar-refractivity contribution in [3.63, 3.8) is 0 Å². The van der Waals surface area contributed by atoms with E-state index in [-0.39, 0.29) is 12.1 Å². The number of hydrogen-bond donors (Lipinski definition) is 1. The van der Waals surface area contributed by atoms with Crippen LogP contribution in [-0.4, -0.2) is 54.7 Å². The molecule has 5 nitrogen and oxygen atoms in total. The van der Waals surface area contributed by atoms with Gasteiger partial charge in [-0.15, -0.1) is 0 Å². The number of benzene rings is 2. The number of amides is 2. The SMILES string of the molecule is CC[C@H](Cc1ccccc1)N(CC)C(=O)Nc1ccccc1CN1CCOCC1. The minimum atomic E-state index is -0.0234. The van der Waals surface area contributed by atoms with Gasteiger partial charge in [0, 0.05) is 37.9 Å². The van der Waals surface area contributed by atoms with Gasteiger partial charge in [-0.05, 0) is 37.0 Å². The predicted molar refractivity (Wildman–Crippen MR) is 118 cm³/mol. The predicted octanol–water partition coefficient (Wildman–Crippen LogP) is 4.39. The molecule has 0 unspecified atom stereocenters. The van der Waals surface area contributed by atoms with Gasteiger partial charge in [-0.1, -0.05) is 55.5 Å². The van der Waals surface area contributed by atoms with Crippen molar-refractivity contribution >= 4 is 11.7 Å². The number of anilines is 1. The summed E-state index contributed by atoms with van der Waals surface area (Å²) in [6.45, 7) is 9.11. The first-order valence-corrected chi connectivity index (χ1v) is 10.7. The fraction of sp³-hybridized carbons (Fsp3) is 0.458. The Hall–Kier alpha value is -2.37. The lowest BCUT2D eigenvalue weighted by molar-refractivity contribution is 0.0342. The maximum absolute atomic E-state index is 13.2. The van der Waals surface area contributed by atoms with Gasteiger partial charge in [-0.3, -0.25) is 4.90 Å². The maximum Gasteiger partial charge on any atom is 0.322 e. The van der Waals surface area contributed by atoms with Crippen LogP contribution in [0.3, 0.4) is 0 Å². The van der Waals surface area contributed by atoms with Crippen LogP contribution in [0.1, 0.15) is 31.4 Å². The van der Waals surface area contributed by atoms with E-state index in [9.17, 15) is 4.79 Å². The summed E-state index contributed by atoms with van der Waals surface area (Å²) in [5.74, 6) is 0. The van der Waals surface area contributed by atoms with Crippen molar-refractivity contribution in [3.8, 4) is 0 Å². The van der Waals surface area contributed by atoms with Gasteiger partial charge in [-0.2, -0.15) is 0 Å². The molecule has 1 aliphatic rings. The van der Waals surface area contributed by atoms with Crippen LogP contribution in [0.15, 0.2) is 54.6 Å². The summed E-state index contributed by atoms with van der Waals surface area (Å²) >= 11 is 0. The van der Waals surface area contributed by atoms with E-state index in [1.54, 1.807) is 0 Å². The van der Waals surface area contributed by atoms with Crippen LogP contribution in [0.2, 0.25) is 0 Å². The van der Waals surface area contributed by atoms with Gasteiger partial charge >= 0.3 is 6.03 Å². The van der Waals surface area contributed by atoms with Crippen molar-refractivity contribution in [1.82, 2.24) is 9.80 Å². The second kappa shape index (κ2) is 11.0. The van der Waals surface area contributed by atoms with Gasteiger partial charge in [0.05, 0.1) is 13.2 Å². The Kier molecular flexibility index (Phi) is 8.08. The Bertz CT molecular complexity index is 760. The van der Waals surface area contributed by atoms with E-state index in [1.807, 2.05) is 36.1 Å². The molecule has 3 rings (SSSR count).